The predicted octanol–water partition coefficient (Wildman–Crippen LogP) is 5.07. The molecular weight excluding hydrogens is 353 g/mol. The lowest BCUT2D eigenvalue weighted by Crippen LogP contribution is -1.97. The number of halogens is 3. The van der Waals surface area contributed by atoms with Crippen LogP contribution >= 0.6 is 27.5 Å². The van der Waals surface area contributed by atoms with Gasteiger partial charge in [-0.3, -0.25) is 10.1 Å². The van der Waals surface area contributed by atoms with Crippen molar-refractivity contribution in [3.63, 3.8) is 0 Å². The summed E-state index contributed by atoms with van der Waals surface area (Å²) in [4.78, 5) is 10.2. The van der Waals surface area contributed by atoms with E-state index in [4.69, 9.17) is 16.3 Å². The highest BCUT2D eigenvalue weighted by Crippen LogP contribution is 2.36. The zero-order chi connectivity index (χ0) is 14.7. The number of nitro groups is 1. The van der Waals surface area contributed by atoms with Crippen molar-refractivity contribution in [2.24, 2.45) is 0 Å². The van der Waals surface area contributed by atoms with E-state index in [1.54, 1.807) is 12.1 Å². The number of nitro benzene ring substituents is 1. The summed E-state index contributed by atoms with van der Waals surface area (Å²) >= 11 is 9.11. The Morgan fingerprint density at radius 2 is 2.10 bits per heavy atom. The molecule has 0 fully saturated rings. The van der Waals surface area contributed by atoms with Gasteiger partial charge in [-0.1, -0.05) is 33.6 Å². The molecule has 0 spiro atoms. The molecule has 0 aliphatic carbocycles. The first-order chi connectivity index (χ1) is 9.52. The maximum absolute atomic E-state index is 13.7. The minimum atomic E-state index is -0.797. The number of alkyl halides is 1. The predicted molar refractivity (Wildman–Crippen MR) is 77.2 cm³/mol. The van der Waals surface area contributed by atoms with Gasteiger partial charge in [0.25, 0.3) is 0 Å². The molecule has 0 N–H and O–H groups in total. The lowest BCUT2D eigenvalue weighted by Gasteiger charge is -2.10. The summed E-state index contributed by atoms with van der Waals surface area (Å²) < 4.78 is 19.1. The van der Waals surface area contributed by atoms with E-state index in [1.807, 2.05) is 0 Å². The summed E-state index contributed by atoms with van der Waals surface area (Å²) in [5.41, 5.74) is 0.232. The first kappa shape index (κ1) is 14.7. The summed E-state index contributed by atoms with van der Waals surface area (Å²) in [6, 6.07) is 8.28. The second-order valence-corrected chi connectivity index (χ2v) is 4.83. The second kappa shape index (κ2) is 6.19. The molecule has 7 heteroatoms. The van der Waals surface area contributed by atoms with Gasteiger partial charge in [0.05, 0.1) is 4.92 Å². The van der Waals surface area contributed by atoms with Crippen LogP contribution in [0.4, 0.5) is 10.1 Å². The van der Waals surface area contributed by atoms with Gasteiger partial charge < -0.3 is 4.74 Å². The van der Waals surface area contributed by atoms with Crippen LogP contribution in [-0.4, -0.2) is 4.92 Å². The number of ether oxygens (including phenoxy) is 1. The van der Waals surface area contributed by atoms with Crippen molar-refractivity contribution in [1.82, 2.24) is 0 Å². The Morgan fingerprint density at radius 1 is 1.35 bits per heavy atom. The molecule has 0 amide bonds. The lowest BCUT2D eigenvalue weighted by atomic mass is 10.2. The number of nitrogens with zero attached hydrogens (tertiary/aromatic N) is 1. The van der Waals surface area contributed by atoms with Crippen LogP contribution in [-0.2, 0) is 5.33 Å². The highest BCUT2D eigenvalue weighted by molar-refractivity contribution is 9.08. The normalized spacial score (nSPS) is 10.3. The third kappa shape index (κ3) is 3.08. The highest BCUT2D eigenvalue weighted by Gasteiger charge is 2.21. The van der Waals surface area contributed by atoms with E-state index < -0.39 is 22.2 Å². The van der Waals surface area contributed by atoms with Crippen molar-refractivity contribution in [2.45, 2.75) is 5.33 Å². The lowest BCUT2D eigenvalue weighted by molar-refractivity contribution is -0.385. The quantitative estimate of drug-likeness (QED) is 0.434. The topological polar surface area (TPSA) is 52.4 Å². The van der Waals surface area contributed by atoms with Gasteiger partial charge in [0.1, 0.15) is 5.75 Å². The number of benzene rings is 2. The van der Waals surface area contributed by atoms with Crippen LogP contribution in [0.3, 0.4) is 0 Å². The highest BCUT2D eigenvalue weighted by atomic mass is 79.9. The van der Waals surface area contributed by atoms with Gasteiger partial charge in [0, 0.05) is 22.0 Å². The number of rotatable bonds is 4. The Morgan fingerprint density at radius 3 is 2.75 bits per heavy atom. The molecule has 0 heterocycles. The minimum absolute atomic E-state index is 0.305. The molecule has 0 bridgehead atoms. The molecule has 0 unspecified atom stereocenters. The molecule has 0 atom stereocenters. The smallest absolute Gasteiger partial charge is 0.314 e. The van der Waals surface area contributed by atoms with Crippen molar-refractivity contribution in [3.05, 3.63) is 62.9 Å². The molecule has 0 saturated heterocycles. The van der Waals surface area contributed by atoms with Gasteiger partial charge >= 0.3 is 5.69 Å². The van der Waals surface area contributed by atoms with E-state index in [-0.39, 0.29) is 0 Å². The molecular formula is C13H8BrClFNO3. The van der Waals surface area contributed by atoms with Crippen molar-refractivity contribution >= 4 is 33.2 Å². The summed E-state index contributed by atoms with van der Waals surface area (Å²) in [7, 11) is 0. The van der Waals surface area contributed by atoms with Crippen LogP contribution in [0.1, 0.15) is 5.56 Å². The summed E-state index contributed by atoms with van der Waals surface area (Å²) in [6.45, 7) is 0. The molecule has 0 aliphatic heterocycles. The van der Waals surface area contributed by atoms with Crippen LogP contribution < -0.4 is 4.74 Å². The molecule has 104 valence electrons. The first-order valence-electron chi connectivity index (χ1n) is 5.48. The van der Waals surface area contributed by atoms with Crippen molar-refractivity contribution in [3.8, 4) is 11.5 Å². The Hall–Kier alpha value is -1.66. The van der Waals surface area contributed by atoms with E-state index in [0.717, 1.165) is 6.07 Å². The largest absolute Gasteiger partial charge is 0.447 e. The minimum Gasteiger partial charge on any atom is -0.447 e. The van der Waals surface area contributed by atoms with Gasteiger partial charge in [-0.05, 0) is 24.3 Å². The second-order valence-electron chi connectivity index (χ2n) is 3.83. The molecule has 2 rings (SSSR count). The fourth-order valence-electron chi connectivity index (χ4n) is 1.60. The van der Waals surface area contributed by atoms with Crippen LogP contribution in [0, 0.1) is 15.9 Å². The van der Waals surface area contributed by atoms with Crippen LogP contribution in [0.15, 0.2) is 36.4 Å². The SMILES string of the molecule is O=[N+]([O-])c1cccc(F)c1Oc1ccc(Cl)cc1CBr. The van der Waals surface area contributed by atoms with Gasteiger partial charge in [-0.25, -0.2) is 4.39 Å². The third-order valence-corrected chi connectivity index (χ3v) is 3.36. The van der Waals surface area contributed by atoms with Gasteiger partial charge in [-0.15, -0.1) is 0 Å². The molecule has 2 aromatic carbocycles. The third-order valence-electron chi connectivity index (χ3n) is 2.52. The van der Waals surface area contributed by atoms with Crippen molar-refractivity contribution in [2.75, 3.05) is 0 Å². The standard InChI is InChI=1S/C13H8BrClFNO3/c14-7-8-6-9(15)4-5-12(8)20-13-10(16)2-1-3-11(13)17(18)19/h1-6H,7H2. The van der Waals surface area contributed by atoms with Gasteiger partial charge in [-0.2, -0.15) is 0 Å². The monoisotopic (exact) mass is 359 g/mol. The zero-order valence-corrected chi connectivity index (χ0v) is 12.3. The Bertz CT molecular complexity index is 666. The van der Waals surface area contributed by atoms with E-state index in [1.165, 1.54) is 18.2 Å². The van der Waals surface area contributed by atoms with E-state index >= 15 is 0 Å². The van der Waals surface area contributed by atoms with Crippen molar-refractivity contribution in [1.29, 1.82) is 0 Å². The molecule has 4 nitrogen and oxygen atoms in total. The van der Waals surface area contributed by atoms with Crippen LogP contribution in [0.5, 0.6) is 11.5 Å². The van der Waals surface area contributed by atoms with E-state index in [0.29, 0.717) is 21.7 Å². The fourth-order valence-corrected chi connectivity index (χ4v) is 2.24. The Labute approximate surface area is 127 Å². The van der Waals surface area contributed by atoms with E-state index in [2.05, 4.69) is 15.9 Å². The van der Waals surface area contributed by atoms with Crippen LogP contribution in [0.25, 0.3) is 0 Å². The van der Waals surface area contributed by atoms with Gasteiger partial charge in [0.2, 0.25) is 5.75 Å². The van der Waals surface area contributed by atoms with Gasteiger partial charge in [0.15, 0.2) is 5.82 Å². The number of para-hydroxylation sites is 1. The Kier molecular flexibility index (Phi) is 4.57. The van der Waals surface area contributed by atoms with Crippen LogP contribution in [0.2, 0.25) is 5.02 Å². The summed E-state index contributed by atoms with van der Waals surface area (Å²) in [5, 5.41) is 11.8. The molecule has 20 heavy (non-hydrogen) atoms. The summed E-state index contributed by atoms with van der Waals surface area (Å²) in [6.07, 6.45) is 0. The average Bonchev–Trinajstić information content (AvgIpc) is 2.42. The first-order valence-corrected chi connectivity index (χ1v) is 6.98. The molecule has 2 aromatic rings. The molecule has 0 radical (unpaired) electrons. The summed E-state index contributed by atoms with van der Waals surface area (Å²) in [5.74, 6) is -0.906. The maximum Gasteiger partial charge on any atom is 0.314 e. The molecule has 0 saturated carbocycles. The Balaban J connectivity index is 2.47. The molecule has 0 aliphatic rings. The number of hydrogen-bond acceptors (Lipinski definition) is 3. The molecule has 0 aromatic heterocycles. The van der Waals surface area contributed by atoms with Crippen molar-refractivity contribution < 1.29 is 14.1 Å². The average molecular weight is 361 g/mol. The number of hydrogen-bond donors (Lipinski definition) is 0. The maximum atomic E-state index is 13.7. The fraction of sp³-hybridized carbons (Fsp3) is 0.0769. The zero-order valence-electron chi connectivity index (χ0n) is 9.98. The van der Waals surface area contributed by atoms with E-state index in [9.17, 15) is 14.5 Å².